The van der Waals surface area contributed by atoms with Crippen LogP contribution in [0, 0.1) is 13.8 Å². The van der Waals surface area contributed by atoms with Crippen LogP contribution in [0.25, 0.3) is 0 Å². The van der Waals surface area contributed by atoms with E-state index in [0.29, 0.717) is 5.92 Å². The molecule has 1 saturated carbocycles. The van der Waals surface area contributed by atoms with Gasteiger partial charge in [-0.1, -0.05) is 6.92 Å². The average Bonchev–Trinajstić information content (AvgIpc) is 3.20. The third kappa shape index (κ3) is 4.25. The SMILES string of the molecule is COCCCc1nc(C)c(C(C)CNC2CC2)c(C)n1. The molecule has 2 rings (SSSR count). The lowest BCUT2D eigenvalue weighted by atomic mass is 9.98. The van der Waals surface area contributed by atoms with Crippen LogP contribution in [0.2, 0.25) is 0 Å². The highest BCUT2D eigenvalue weighted by Crippen LogP contribution is 2.24. The first kappa shape index (κ1) is 15.4. The summed E-state index contributed by atoms with van der Waals surface area (Å²) in [4.78, 5) is 9.35. The van der Waals surface area contributed by atoms with E-state index in [1.807, 2.05) is 0 Å². The summed E-state index contributed by atoms with van der Waals surface area (Å²) in [6, 6.07) is 0.757. The van der Waals surface area contributed by atoms with Gasteiger partial charge in [-0.3, -0.25) is 0 Å². The number of nitrogens with zero attached hydrogens (tertiary/aromatic N) is 2. The number of rotatable bonds is 8. The minimum atomic E-state index is 0.476. The molecule has 0 spiro atoms. The highest BCUT2D eigenvalue weighted by molar-refractivity contribution is 5.28. The molecule has 0 aromatic carbocycles. The van der Waals surface area contributed by atoms with Gasteiger partial charge in [-0.05, 0) is 44.6 Å². The van der Waals surface area contributed by atoms with E-state index >= 15 is 0 Å². The molecular weight excluding hydrogens is 250 g/mol. The van der Waals surface area contributed by atoms with Gasteiger partial charge in [-0.15, -0.1) is 0 Å². The molecule has 1 aliphatic carbocycles. The van der Waals surface area contributed by atoms with Gasteiger partial charge in [-0.25, -0.2) is 9.97 Å². The van der Waals surface area contributed by atoms with E-state index in [9.17, 15) is 0 Å². The van der Waals surface area contributed by atoms with Gasteiger partial charge >= 0.3 is 0 Å². The van der Waals surface area contributed by atoms with Gasteiger partial charge in [0, 0.05) is 44.1 Å². The normalized spacial score (nSPS) is 16.4. The van der Waals surface area contributed by atoms with Crippen molar-refractivity contribution in [2.45, 2.75) is 58.4 Å². The predicted molar refractivity (Wildman–Crippen MR) is 81.1 cm³/mol. The number of hydrogen-bond acceptors (Lipinski definition) is 4. The topological polar surface area (TPSA) is 47.0 Å². The lowest BCUT2D eigenvalue weighted by molar-refractivity contribution is 0.194. The molecule has 4 heteroatoms. The third-order valence-corrected chi connectivity index (χ3v) is 3.90. The van der Waals surface area contributed by atoms with Crippen LogP contribution in [-0.4, -0.2) is 36.3 Å². The van der Waals surface area contributed by atoms with Crippen molar-refractivity contribution >= 4 is 0 Å². The Hall–Kier alpha value is -1.00. The van der Waals surface area contributed by atoms with Gasteiger partial charge in [0.2, 0.25) is 0 Å². The van der Waals surface area contributed by atoms with Gasteiger partial charge in [0.05, 0.1) is 0 Å². The van der Waals surface area contributed by atoms with Crippen molar-refractivity contribution < 1.29 is 4.74 Å². The molecule has 1 unspecified atom stereocenters. The van der Waals surface area contributed by atoms with Crippen molar-refractivity contribution in [3.05, 3.63) is 22.8 Å². The Kier molecular flexibility index (Phi) is 5.49. The van der Waals surface area contributed by atoms with Crippen LogP contribution >= 0.6 is 0 Å². The average molecular weight is 277 g/mol. The van der Waals surface area contributed by atoms with Crippen LogP contribution in [0.15, 0.2) is 0 Å². The lowest BCUT2D eigenvalue weighted by Crippen LogP contribution is -2.23. The summed E-state index contributed by atoms with van der Waals surface area (Å²) in [5.74, 6) is 1.42. The summed E-state index contributed by atoms with van der Waals surface area (Å²) in [6.45, 7) is 8.28. The van der Waals surface area contributed by atoms with Gasteiger partial charge in [0.15, 0.2) is 0 Å². The molecule has 1 fully saturated rings. The molecule has 4 nitrogen and oxygen atoms in total. The van der Waals surface area contributed by atoms with Crippen molar-refractivity contribution in [2.24, 2.45) is 0 Å². The minimum absolute atomic E-state index is 0.476. The fraction of sp³-hybridized carbons (Fsp3) is 0.750. The Balaban J connectivity index is 2.00. The minimum Gasteiger partial charge on any atom is -0.385 e. The second kappa shape index (κ2) is 7.14. The van der Waals surface area contributed by atoms with E-state index in [1.54, 1.807) is 7.11 Å². The van der Waals surface area contributed by atoms with E-state index in [4.69, 9.17) is 4.74 Å². The molecule has 0 aliphatic heterocycles. The molecule has 1 aromatic rings. The number of methoxy groups -OCH3 is 1. The Labute approximate surface area is 122 Å². The maximum atomic E-state index is 5.08. The van der Waals surface area contributed by atoms with Crippen LogP contribution in [-0.2, 0) is 11.2 Å². The van der Waals surface area contributed by atoms with Crippen molar-refractivity contribution in [3.8, 4) is 0 Å². The number of aromatic nitrogens is 2. The second-order valence-electron chi connectivity index (χ2n) is 5.90. The molecule has 0 saturated heterocycles. The molecule has 0 amide bonds. The maximum absolute atomic E-state index is 5.08. The van der Waals surface area contributed by atoms with Gasteiger partial charge < -0.3 is 10.1 Å². The van der Waals surface area contributed by atoms with E-state index in [2.05, 4.69) is 36.1 Å². The summed E-state index contributed by atoms with van der Waals surface area (Å²) in [5, 5.41) is 3.59. The fourth-order valence-corrected chi connectivity index (χ4v) is 2.73. The molecular formula is C16H27N3O. The van der Waals surface area contributed by atoms with E-state index in [0.717, 1.165) is 49.2 Å². The van der Waals surface area contributed by atoms with Crippen molar-refractivity contribution in [1.29, 1.82) is 0 Å². The zero-order valence-electron chi connectivity index (χ0n) is 13.2. The van der Waals surface area contributed by atoms with Crippen molar-refractivity contribution in [3.63, 3.8) is 0 Å². The van der Waals surface area contributed by atoms with Crippen LogP contribution in [0.3, 0.4) is 0 Å². The van der Waals surface area contributed by atoms with E-state index in [1.165, 1.54) is 18.4 Å². The summed E-state index contributed by atoms with van der Waals surface area (Å²) in [5.41, 5.74) is 3.58. The molecule has 20 heavy (non-hydrogen) atoms. The second-order valence-corrected chi connectivity index (χ2v) is 5.90. The lowest BCUT2D eigenvalue weighted by Gasteiger charge is -2.18. The number of aryl methyl sites for hydroxylation is 3. The molecule has 0 radical (unpaired) electrons. The van der Waals surface area contributed by atoms with Crippen LogP contribution < -0.4 is 5.32 Å². The molecule has 1 atom stereocenters. The first-order valence-electron chi connectivity index (χ1n) is 7.68. The standard InChI is InChI=1S/C16H27N3O/c1-11(10-17-14-7-8-14)16-12(2)18-15(19-13(16)3)6-5-9-20-4/h11,14,17H,5-10H2,1-4H3. The first-order valence-corrected chi connectivity index (χ1v) is 7.68. The molecule has 1 aromatic heterocycles. The zero-order valence-corrected chi connectivity index (χ0v) is 13.2. The Bertz CT molecular complexity index is 420. The fourth-order valence-electron chi connectivity index (χ4n) is 2.73. The van der Waals surface area contributed by atoms with E-state index < -0.39 is 0 Å². The highest BCUT2D eigenvalue weighted by Gasteiger charge is 2.22. The quantitative estimate of drug-likeness (QED) is 0.742. The molecule has 112 valence electrons. The maximum Gasteiger partial charge on any atom is 0.128 e. The Morgan fingerprint density at radius 3 is 2.45 bits per heavy atom. The molecule has 1 N–H and O–H groups in total. The van der Waals surface area contributed by atoms with Gasteiger partial charge in [0.1, 0.15) is 5.82 Å². The molecule has 1 heterocycles. The third-order valence-electron chi connectivity index (χ3n) is 3.90. The molecule has 0 bridgehead atoms. The number of ether oxygens (including phenoxy) is 1. The zero-order chi connectivity index (χ0) is 14.5. The van der Waals surface area contributed by atoms with Gasteiger partial charge in [-0.2, -0.15) is 0 Å². The monoisotopic (exact) mass is 277 g/mol. The highest BCUT2D eigenvalue weighted by atomic mass is 16.5. The van der Waals surface area contributed by atoms with Crippen LogP contribution in [0.4, 0.5) is 0 Å². The van der Waals surface area contributed by atoms with Crippen LogP contribution in [0.5, 0.6) is 0 Å². The molecule has 1 aliphatic rings. The predicted octanol–water partition coefficient (Wildman–Crippen LogP) is 2.53. The Morgan fingerprint density at radius 2 is 1.90 bits per heavy atom. The smallest absolute Gasteiger partial charge is 0.128 e. The summed E-state index contributed by atoms with van der Waals surface area (Å²) in [7, 11) is 1.73. The summed E-state index contributed by atoms with van der Waals surface area (Å²) in [6.07, 6.45) is 4.54. The number of hydrogen-bond donors (Lipinski definition) is 1. The number of nitrogens with one attached hydrogen (secondary N) is 1. The van der Waals surface area contributed by atoms with E-state index in [-0.39, 0.29) is 0 Å². The van der Waals surface area contributed by atoms with Crippen molar-refractivity contribution in [1.82, 2.24) is 15.3 Å². The van der Waals surface area contributed by atoms with Gasteiger partial charge in [0.25, 0.3) is 0 Å². The van der Waals surface area contributed by atoms with Crippen molar-refractivity contribution in [2.75, 3.05) is 20.3 Å². The summed E-state index contributed by atoms with van der Waals surface area (Å²) >= 11 is 0. The first-order chi connectivity index (χ1) is 9.61. The van der Waals surface area contributed by atoms with Crippen LogP contribution in [0.1, 0.15) is 54.9 Å². The largest absolute Gasteiger partial charge is 0.385 e. The Morgan fingerprint density at radius 1 is 1.25 bits per heavy atom. The summed E-state index contributed by atoms with van der Waals surface area (Å²) < 4.78 is 5.08.